The molecule has 0 aromatic rings. The minimum absolute atomic E-state index is 0.844. The molecule has 1 heterocycles. The molecule has 0 atom stereocenters. The van der Waals surface area contributed by atoms with Crippen molar-refractivity contribution in [1.29, 1.82) is 0 Å². The van der Waals surface area contributed by atoms with E-state index in [1.807, 2.05) is 0 Å². The molecule has 0 aromatic heterocycles. The Kier molecular flexibility index (Phi) is 3.45. The Bertz CT molecular complexity index is 137. The van der Waals surface area contributed by atoms with Crippen molar-refractivity contribution < 1.29 is 0 Å². The highest BCUT2D eigenvalue weighted by atomic mass is 15.1. The number of rotatable bonds is 2. The van der Waals surface area contributed by atoms with Gasteiger partial charge in [-0.25, -0.2) is 0 Å². The summed E-state index contributed by atoms with van der Waals surface area (Å²) in [6, 6.07) is 0. The molecule has 1 aliphatic rings. The Hall–Kier alpha value is -0.480. The summed E-state index contributed by atoms with van der Waals surface area (Å²) in [4.78, 5) is 2.37. The third-order valence-electron chi connectivity index (χ3n) is 2.60. The number of piperidine rings is 1. The topological polar surface area (TPSA) is 3.24 Å². The molecular formula is C10H17N. The molecule has 0 saturated carbocycles. The summed E-state index contributed by atoms with van der Waals surface area (Å²) in [7, 11) is 0. The van der Waals surface area contributed by atoms with Crippen LogP contribution in [0.1, 0.15) is 26.2 Å². The van der Waals surface area contributed by atoms with E-state index in [1.54, 1.807) is 0 Å². The van der Waals surface area contributed by atoms with Gasteiger partial charge >= 0.3 is 0 Å². The standard InChI is InChI=1S/C10H17N/c1-3-7-11-8-5-10(4-2)6-9-11/h1,10H,4-9H2,2H3. The van der Waals surface area contributed by atoms with Gasteiger partial charge in [0.25, 0.3) is 0 Å². The zero-order chi connectivity index (χ0) is 8.10. The van der Waals surface area contributed by atoms with Crippen molar-refractivity contribution in [1.82, 2.24) is 4.90 Å². The Morgan fingerprint density at radius 3 is 2.55 bits per heavy atom. The first-order chi connectivity index (χ1) is 5.36. The van der Waals surface area contributed by atoms with Crippen LogP contribution >= 0.6 is 0 Å². The van der Waals surface area contributed by atoms with Crippen LogP contribution in [0.5, 0.6) is 0 Å². The monoisotopic (exact) mass is 151 g/mol. The maximum Gasteiger partial charge on any atom is 0.0598 e. The van der Waals surface area contributed by atoms with Gasteiger partial charge in [0.2, 0.25) is 0 Å². The number of terminal acetylenes is 1. The van der Waals surface area contributed by atoms with Gasteiger partial charge in [0.1, 0.15) is 0 Å². The largest absolute Gasteiger partial charge is 0.292 e. The Balaban J connectivity index is 2.20. The molecule has 11 heavy (non-hydrogen) atoms. The SMILES string of the molecule is C#CCN1CCC(CC)CC1. The second-order valence-corrected chi connectivity index (χ2v) is 3.33. The highest BCUT2D eigenvalue weighted by Crippen LogP contribution is 2.19. The van der Waals surface area contributed by atoms with E-state index in [2.05, 4.69) is 17.7 Å². The third kappa shape index (κ3) is 2.55. The summed E-state index contributed by atoms with van der Waals surface area (Å²) in [6.45, 7) is 5.54. The zero-order valence-electron chi connectivity index (χ0n) is 7.34. The zero-order valence-corrected chi connectivity index (χ0v) is 7.34. The first-order valence-electron chi connectivity index (χ1n) is 4.52. The first-order valence-corrected chi connectivity index (χ1v) is 4.52. The Labute approximate surface area is 69.8 Å². The van der Waals surface area contributed by atoms with Crippen molar-refractivity contribution >= 4 is 0 Å². The third-order valence-corrected chi connectivity index (χ3v) is 2.60. The fraction of sp³-hybridized carbons (Fsp3) is 0.800. The predicted molar refractivity (Wildman–Crippen MR) is 48.3 cm³/mol. The molecule has 1 rings (SSSR count). The van der Waals surface area contributed by atoms with E-state index < -0.39 is 0 Å². The van der Waals surface area contributed by atoms with Crippen molar-refractivity contribution in [3.63, 3.8) is 0 Å². The van der Waals surface area contributed by atoms with Gasteiger partial charge in [0.15, 0.2) is 0 Å². The first kappa shape index (κ1) is 8.62. The molecule has 0 radical (unpaired) electrons. The van der Waals surface area contributed by atoms with Gasteiger partial charge in [-0.15, -0.1) is 6.42 Å². The number of hydrogen-bond acceptors (Lipinski definition) is 1. The van der Waals surface area contributed by atoms with Crippen molar-refractivity contribution in [3.05, 3.63) is 0 Å². The van der Waals surface area contributed by atoms with Crippen LogP contribution in [0.3, 0.4) is 0 Å². The van der Waals surface area contributed by atoms with Gasteiger partial charge in [-0.05, 0) is 31.8 Å². The van der Waals surface area contributed by atoms with Crippen molar-refractivity contribution in [2.24, 2.45) is 5.92 Å². The summed E-state index contributed by atoms with van der Waals surface area (Å²) >= 11 is 0. The smallest absolute Gasteiger partial charge is 0.0598 e. The van der Waals surface area contributed by atoms with E-state index in [0.29, 0.717) is 0 Å². The Morgan fingerprint density at radius 2 is 2.09 bits per heavy atom. The lowest BCUT2D eigenvalue weighted by atomic mass is 9.94. The van der Waals surface area contributed by atoms with E-state index in [1.165, 1.54) is 32.4 Å². The van der Waals surface area contributed by atoms with E-state index in [-0.39, 0.29) is 0 Å². The van der Waals surface area contributed by atoms with E-state index >= 15 is 0 Å². The number of hydrogen-bond donors (Lipinski definition) is 0. The maximum atomic E-state index is 5.23. The van der Waals surface area contributed by atoms with E-state index in [9.17, 15) is 0 Å². The Morgan fingerprint density at radius 1 is 1.45 bits per heavy atom. The second kappa shape index (κ2) is 4.41. The minimum atomic E-state index is 0.844. The molecule has 1 fully saturated rings. The highest BCUT2D eigenvalue weighted by molar-refractivity contribution is 4.89. The fourth-order valence-corrected chi connectivity index (χ4v) is 1.68. The van der Waals surface area contributed by atoms with Crippen LogP contribution in [0.15, 0.2) is 0 Å². The molecule has 0 amide bonds. The number of nitrogens with zero attached hydrogens (tertiary/aromatic N) is 1. The predicted octanol–water partition coefficient (Wildman–Crippen LogP) is 1.74. The maximum absolute atomic E-state index is 5.23. The lowest BCUT2D eigenvalue weighted by Gasteiger charge is -2.29. The summed E-state index contributed by atoms with van der Waals surface area (Å²) < 4.78 is 0. The van der Waals surface area contributed by atoms with Gasteiger partial charge in [0, 0.05) is 0 Å². The van der Waals surface area contributed by atoms with Crippen molar-refractivity contribution in [2.75, 3.05) is 19.6 Å². The molecule has 1 aliphatic heterocycles. The second-order valence-electron chi connectivity index (χ2n) is 3.33. The lowest BCUT2D eigenvalue weighted by Crippen LogP contribution is -2.33. The van der Waals surface area contributed by atoms with Crippen LogP contribution in [0.25, 0.3) is 0 Å². The highest BCUT2D eigenvalue weighted by Gasteiger charge is 2.16. The van der Waals surface area contributed by atoms with Gasteiger partial charge < -0.3 is 0 Å². The van der Waals surface area contributed by atoms with Gasteiger partial charge in [-0.3, -0.25) is 4.90 Å². The summed E-state index contributed by atoms with van der Waals surface area (Å²) in [6.07, 6.45) is 9.26. The molecule has 1 saturated heterocycles. The van der Waals surface area contributed by atoms with Gasteiger partial charge in [0.05, 0.1) is 6.54 Å². The number of likely N-dealkylation sites (tertiary alicyclic amines) is 1. The molecule has 0 N–H and O–H groups in total. The van der Waals surface area contributed by atoms with Crippen molar-refractivity contribution in [3.8, 4) is 12.3 Å². The average Bonchev–Trinajstić information content (AvgIpc) is 2.07. The van der Waals surface area contributed by atoms with Crippen LogP contribution in [0, 0.1) is 18.3 Å². The molecule has 1 nitrogen and oxygen atoms in total. The summed E-state index contributed by atoms with van der Waals surface area (Å²) in [5.41, 5.74) is 0. The van der Waals surface area contributed by atoms with Crippen LogP contribution < -0.4 is 0 Å². The molecule has 0 aliphatic carbocycles. The summed E-state index contributed by atoms with van der Waals surface area (Å²) in [5, 5.41) is 0. The van der Waals surface area contributed by atoms with E-state index in [4.69, 9.17) is 6.42 Å². The lowest BCUT2D eigenvalue weighted by molar-refractivity contribution is 0.200. The molecule has 0 unspecified atom stereocenters. The van der Waals surface area contributed by atoms with Crippen LogP contribution in [0.2, 0.25) is 0 Å². The molecular weight excluding hydrogens is 134 g/mol. The normalized spacial score (nSPS) is 21.5. The molecule has 0 bridgehead atoms. The molecule has 0 spiro atoms. The average molecular weight is 151 g/mol. The van der Waals surface area contributed by atoms with Crippen LogP contribution in [-0.4, -0.2) is 24.5 Å². The fourth-order valence-electron chi connectivity index (χ4n) is 1.68. The van der Waals surface area contributed by atoms with E-state index in [0.717, 1.165) is 12.5 Å². The minimum Gasteiger partial charge on any atom is -0.292 e. The van der Waals surface area contributed by atoms with Crippen LogP contribution in [-0.2, 0) is 0 Å². The van der Waals surface area contributed by atoms with Crippen LogP contribution in [0.4, 0.5) is 0 Å². The molecule has 0 aromatic carbocycles. The molecule has 1 heteroatoms. The van der Waals surface area contributed by atoms with Crippen molar-refractivity contribution in [2.45, 2.75) is 26.2 Å². The summed E-state index contributed by atoms with van der Waals surface area (Å²) in [5.74, 6) is 3.66. The van der Waals surface area contributed by atoms with Gasteiger partial charge in [-0.2, -0.15) is 0 Å². The quantitative estimate of drug-likeness (QED) is 0.543. The van der Waals surface area contributed by atoms with Gasteiger partial charge in [-0.1, -0.05) is 19.3 Å². The molecule has 62 valence electrons.